The van der Waals surface area contributed by atoms with Crippen molar-refractivity contribution in [3.63, 3.8) is 0 Å². The predicted molar refractivity (Wildman–Crippen MR) is 72.3 cm³/mol. The van der Waals surface area contributed by atoms with Crippen LogP contribution in [0.3, 0.4) is 0 Å². The molecule has 1 rings (SSSR count). The van der Waals surface area contributed by atoms with E-state index in [-0.39, 0.29) is 0 Å². The van der Waals surface area contributed by atoms with Crippen LogP contribution in [0.2, 0.25) is 0 Å². The van der Waals surface area contributed by atoms with Crippen LogP contribution in [0.4, 0.5) is 11.8 Å². The van der Waals surface area contributed by atoms with Gasteiger partial charge in [-0.15, -0.1) is 0 Å². The van der Waals surface area contributed by atoms with Gasteiger partial charge in [-0.05, 0) is 12.5 Å². The van der Waals surface area contributed by atoms with Crippen molar-refractivity contribution < 1.29 is 0 Å². The van der Waals surface area contributed by atoms with Crippen molar-refractivity contribution in [3.8, 4) is 0 Å². The Morgan fingerprint density at radius 2 is 2.24 bits per heavy atom. The highest BCUT2D eigenvalue weighted by atomic mass is 15.2. The van der Waals surface area contributed by atoms with Crippen molar-refractivity contribution in [3.05, 3.63) is 12.3 Å². The molecule has 0 bridgehead atoms. The Morgan fingerprint density at radius 1 is 1.47 bits per heavy atom. The van der Waals surface area contributed by atoms with Crippen molar-refractivity contribution in [1.82, 2.24) is 9.97 Å². The van der Waals surface area contributed by atoms with E-state index in [0.717, 1.165) is 12.2 Å². The highest BCUT2D eigenvalue weighted by Gasteiger charge is 2.07. The number of unbranched alkanes of at least 4 members (excludes halogenated alkanes) is 1. The molecule has 1 aromatic heterocycles. The van der Waals surface area contributed by atoms with Crippen LogP contribution in [0.5, 0.6) is 0 Å². The number of aromatic nitrogens is 2. The summed E-state index contributed by atoms with van der Waals surface area (Å²) in [7, 11) is 3.85. The van der Waals surface area contributed by atoms with Crippen LogP contribution >= 0.6 is 0 Å². The highest BCUT2D eigenvalue weighted by Crippen LogP contribution is 2.11. The van der Waals surface area contributed by atoms with Gasteiger partial charge in [-0.2, -0.15) is 4.98 Å². The summed E-state index contributed by atoms with van der Waals surface area (Å²) in [5.41, 5.74) is 5.74. The molecule has 1 atom stereocenters. The highest BCUT2D eigenvalue weighted by molar-refractivity contribution is 5.41. The van der Waals surface area contributed by atoms with Gasteiger partial charge in [0.1, 0.15) is 5.82 Å². The van der Waals surface area contributed by atoms with Crippen LogP contribution in [0.15, 0.2) is 12.3 Å². The largest absolute Gasteiger partial charge is 0.366 e. The Kier molecular flexibility index (Phi) is 5.69. The van der Waals surface area contributed by atoms with Crippen LogP contribution < -0.4 is 16.0 Å². The fraction of sp³-hybridized carbons (Fsp3) is 0.667. The summed E-state index contributed by atoms with van der Waals surface area (Å²) in [6.45, 7) is 2.81. The van der Waals surface area contributed by atoms with E-state index in [1.54, 1.807) is 6.20 Å². The lowest BCUT2D eigenvalue weighted by Gasteiger charge is -2.18. The average Bonchev–Trinajstić information content (AvgIpc) is 2.34. The van der Waals surface area contributed by atoms with Gasteiger partial charge in [0, 0.05) is 32.9 Å². The number of hydrogen-bond acceptors (Lipinski definition) is 5. The molecule has 3 N–H and O–H groups in total. The Hall–Kier alpha value is -1.36. The molecule has 0 saturated carbocycles. The first-order valence-corrected chi connectivity index (χ1v) is 6.14. The molecule has 0 aliphatic rings. The standard InChI is InChI=1S/C12H23N5/c1-4-5-6-10(9-13)15-11-7-8-14-12(16-11)17(2)3/h7-8,10H,4-6,9,13H2,1-3H3,(H,14,15,16). The van der Waals surface area contributed by atoms with Crippen LogP contribution in [-0.2, 0) is 0 Å². The van der Waals surface area contributed by atoms with Crippen LogP contribution in [0.25, 0.3) is 0 Å². The second kappa shape index (κ2) is 7.06. The van der Waals surface area contributed by atoms with Crippen molar-refractivity contribution in [1.29, 1.82) is 0 Å². The molecule has 0 aliphatic carbocycles. The molecule has 0 saturated heterocycles. The predicted octanol–water partition coefficient (Wildman–Crippen LogP) is 1.47. The van der Waals surface area contributed by atoms with E-state index in [1.807, 2.05) is 25.1 Å². The normalized spacial score (nSPS) is 12.2. The molecule has 0 radical (unpaired) electrons. The molecule has 1 aromatic rings. The van der Waals surface area contributed by atoms with Gasteiger partial charge in [0.15, 0.2) is 0 Å². The third-order valence-corrected chi connectivity index (χ3v) is 2.59. The monoisotopic (exact) mass is 237 g/mol. The molecule has 1 unspecified atom stereocenters. The maximum Gasteiger partial charge on any atom is 0.226 e. The fourth-order valence-electron chi connectivity index (χ4n) is 1.55. The second-order valence-electron chi connectivity index (χ2n) is 4.36. The SMILES string of the molecule is CCCCC(CN)Nc1ccnc(N(C)C)n1. The lowest BCUT2D eigenvalue weighted by atomic mass is 10.1. The van der Waals surface area contributed by atoms with E-state index in [0.29, 0.717) is 18.5 Å². The fourth-order valence-corrected chi connectivity index (χ4v) is 1.55. The molecule has 0 aliphatic heterocycles. The number of anilines is 2. The zero-order valence-corrected chi connectivity index (χ0v) is 11.0. The molecule has 0 amide bonds. The lowest BCUT2D eigenvalue weighted by Crippen LogP contribution is -2.29. The molecule has 0 spiro atoms. The van der Waals surface area contributed by atoms with E-state index < -0.39 is 0 Å². The third kappa shape index (κ3) is 4.56. The Balaban J connectivity index is 2.62. The average molecular weight is 237 g/mol. The minimum Gasteiger partial charge on any atom is -0.366 e. The van der Waals surface area contributed by atoms with Crippen LogP contribution in [0.1, 0.15) is 26.2 Å². The molecule has 5 heteroatoms. The summed E-state index contributed by atoms with van der Waals surface area (Å²) in [6.07, 6.45) is 5.21. The van der Waals surface area contributed by atoms with E-state index in [9.17, 15) is 0 Å². The number of nitrogens with zero attached hydrogens (tertiary/aromatic N) is 3. The molecule has 5 nitrogen and oxygen atoms in total. The second-order valence-corrected chi connectivity index (χ2v) is 4.36. The van der Waals surface area contributed by atoms with Gasteiger partial charge in [0.25, 0.3) is 0 Å². The zero-order valence-electron chi connectivity index (χ0n) is 11.0. The molecule has 1 heterocycles. The zero-order chi connectivity index (χ0) is 12.7. The lowest BCUT2D eigenvalue weighted by molar-refractivity contribution is 0.612. The number of hydrogen-bond donors (Lipinski definition) is 2. The van der Waals surface area contributed by atoms with Gasteiger partial charge in [0.2, 0.25) is 5.95 Å². The quantitative estimate of drug-likeness (QED) is 0.751. The Morgan fingerprint density at radius 3 is 2.82 bits per heavy atom. The van der Waals surface area contributed by atoms with Crippen molar-refractivity contribution in [2.75, 3.05) is 30.9 Å². The Bertz CT molecular complexity index is 326. The van der Waals surface area contributed by atoms with E-state index >= 15 is 0 Å². The molecule has 0 aromatic carbocycles. The summed E-state index contributed by atoms with van der Waals surface area (Å²) in [4.78, 5) is 10.5. The van der Waals surface area contributed by atoms with Gasteiger partial charge in [-0.3, -0.25) is 0 Å². The summed E-state index contributed by atoms with van der Waals surface area (Å²) in [5, 5.41) is 3.36. The maximum atomic E-state index is 5.74. The Labute approximate surface area is 103 Å². The number of nitrogens with two attached hydrogens (primary N) is 1. The van der Waals surface area contributed by atoms with Crippen molar-refractivity contribution >= 4 is 11.8 Å². The van der Waals surface area contributed by atoms with E-state index in [2.05, 4.69) is 22.2 Å². The maximum absolute atomic E-state index is 5.74. The molecule has 96 valence electrons. The minimum atomic E-state index is 0.292. The molecule has 0 fully saturated rings. The van der Waals surface area contributed by atoms with E-state index in [4.69, 9.17) is 5.73 Å². The number of rotatable bonds is 7. The van der Waals surface area contributed by atoms with Gasteiger partial charge in [0.05, 0.1) is 0 Å². The van der Waals surface area contributed by atoms with Gasteiger partial charge in [-0.1, -0.05) is 19.8 Å². The van der Waals surface area contributed by atoms with Gasteiger partial charge in [-0.25, -0.2) is 4.98 Å². The smallest absolute Gasteiger partial charge is 0.226 e. The summed E-state index contributed by atoms with van der Waals surface area (Å²) in [6, 6.07) is 2.17. The number of nitrogens with one attached hydrogen (secondary N) is 1. The third-order valence-electron chi connectivity index (χ3n) is 2.59. The van der Waals surface area contributed by atoms with Gasteiger partial charge >= 0.3 is 0 Å². The first-order valence-electron chi connectivity index (χ1n) is 6.14. The van der Waals surface area contributed by atoms with Crippen LogP contribution in [0, 0.1) is 0 Å². The van der Waals surface area contributed by atoms with Crippen molar-refractivity contribution in [2.24, 2.45) is 5.73 Å². The van der Waals surface area contributed by atoms with Crippen LogP contribution in [-0.4, -0.2) is 36.6 Å². The topological polar surface area (TPSA) is 67.1 Å². The molecular formula is C12H23N5. The van der Waals surface area contributed by atoms with Crippen molar-refractivity contribution in [2.45, 2.75) is 32.2 Å². The first kappa shape index (κ1) is 13.7. The minimum absolute atomic E-state index is 0.292. The first-order chi connectivity index (χ1) is 8.17. The molecular weight excluding hydrogens is 214 g/mol. The summed E-state index contributed by atoms with van der Waals surface area (Å²) < 4.78 is 0. The van der Waals surface area contributed by atoms with E-state index in [1.165, 1.54) is 12.8 Å². The summed E-state index contributed by atoms with van der Waals surface area (Å²) >= 11 is 0. The van der Waals surface area contributed by atoms with Gasteiger partial charge < -0.3 is 16.0 Å². The summed E-state index contributed by atoms with van der Waals surface area (Å²) in [5.74, 6) is 1.55. The molecule has 17 heavy (non-hydrogen) atoms.